The SMILES string of the molecule is CCCCC(CC)C[C]1CCC2OC2C1. The minimum Gasteiger partial charge on any atom is -0.370 e. The van der Waals surface area contributed by atoms with Gasteiger partial charge in [0.2, 0.25) is 0 Å². The molecule has 0 N–H and O–H groups in total. The Kier molecular flexibility index (Phi) is 4.07. The van der Waals surface area contributed by atoms with E-state index < -0.39 is 0 Å². The van der Waals surface area contributed by atoms with Crippen LogP contribution < -0.4 is 0 Å². The molecule has 1 heteroatoms. The van der Waals surface area contributed by atoms with E-state index in [1.54, 1.807) is 5.92 Å². The van der Waals surface area contributed by atoms with Gasteiger partial charge in [0.1, 0.15) is 0 Å². The number of epoxide rings is 1. The van der Waals surface area contributed by atoms with Crippen molar-refractivity contribution in [3.8, 4) is 0 Å². The van der Waals surface area contributed by atoms with Gasteiger partial charge in [-0.15, -0.1) is 0 Å². The molecule has 87 valence electrons. The molecule has 1 aliphatic heterocycles. The Labute approximate surface area is 94.6 Å². The third kappa shape index (κ3) is 3.21. The van der Waals surface area contributed by atoms with Crippen molar-refractivity contribution in [3.63, 3.8) is 0 Å². The summed E-state index contributed by atoms with van der Waals surface area (Å²) < 4.78 is 5.58. The predicted molar refractivity (Wildman–Crippen MR) is 63.7 cm³/mol. The second kappa shape index (κ2) is 5.34. The van der Waals surface area contributed by atoms with Crippen LogP contribution in [0.4, 0.5) is 0 Å². The lowest BCUT2D eigenvalue weighted by Crippen LogP contribution is -2.15. The van der Waals surface area contributed by atoms with Crippen LogP contribution in [0.1, 0.15) is 65.2 Å². The molecule has 15 heavy (non-hydrogen) atoms. The van der Waals surface area contributed by atoms with Crippen LogP contribution in [0.15, 0.2) is 0 Å². The van der Waals surface area contributed by atoms with Crippen LogP contribution in [0.5, 0.6) is 0 Å². The van der Waals surface area contributed by atoms with Gasteiger partial charge in [-0.05, 0) is 37.5 Å². The maximum atomic E-state index is 5.58. The zero-order valence-electron chi connectivity index (χ0n) is 10.3. The highest BCUT2D eigenvalue weighted by Gasteiger charge is 2.44. The highest BCUT2D eigenvalue weighted by atomic mass is 16.6. The molecule has 1 heterocycles. The molecule has 1 aliphatic carbocycles. The first kappa shape index (κ1) is 11.4. The van der Waals surface area contributed by atoms with Gasteiger partial charge in [0.05, 0.1) is 12.2 Å². The van der Waals surface area contributed by atoms with E-state index in [4.69, 9.17) is 4.74 Å². The average Bonchev–Trinajstić information content (AvgIpc) is 3.02. The van der Waals surface area contributed by atoms with Gasteiger partial charge in [-0.2, -0.15) is 0 Å². The second-order valence-corrected chi connectivity index (χ2v) is 5.33. The normalized spacial score (nSPS) is 32.4. The molecule has 0 aromatic heterocycles. The topological polar surface area (TPSA) is 12.5 Å². The van der Waals surface area contributed by atoms with Crippen molar-refractivity contribution in [2.75, 3.05) is 0 Å². The monoisotopic (exact) mass is 209 g/mol. The number of ether oxygens (including phenoxy) is 1. The third-order valence-corrected chi connectivity index (χ3v) is 4.08. The summed E-state index contributed by atoms with van der Waals surface area (Å²) in [6, 6.07) is 0. The average molecular weight is 209 g/mol. The molecule has 1 nitrogen and oxygen atoms in total. The molecule has 0 aromatic carbocycles. The molecule has 3 unspecified atom stereocenters. The number of fused-ring (bicyclic) bond motifs is 1. The fourth-order valence-electron chi connectivity index (χ4n) is 2.88. The molecule has 1 radical (unpaired) electrons. The Morgan fingerprint density at radius 2 is 2.20 bits per heavy atom. The van der Waals surface area contributed by atoms with Gasteiger partial charge >= 0.3 is 0 Å². The van der Waals surface area contributed by atoms with E-state index in [1.165, 1.54) is 51.4 Å². The Morgan fingerprint density at radius 1 is 1.33 bits per heavy atom. The number of hydrogen-bond donors (Lipinski definition) is 0. The van der Waals surface area contributed by atoms with Crippen molar-refractivity contribution in [1.82, 2.24) is 0 Å². The van der Waals surface area contributed by atoms with Crippen LogP contribution in [-0.2, 0) is 4.74 Å². The zero-order valence-corrected chi connectivity index (χ0v) is 10.3. The van der Waals surface area contributed by atoms with E-state index in [0.717, 1.165) is 5.92 Å². The van der Waals surface area contributed by atoms with Crippen LogP contribution in [0.3, 0.4) is 0 Å². The molecule has 3 atom stereocenters. The Bertz CT molecular complexity index is 190. The highest BCUT2D eigenvalue weighted by Crippen LogP contribution is 2.43. The molecular formula is C14H25O. The van der Waals surface area contributed by atoms with Crippen molar-refractivity contribution in [2.24, 2.45) is 5.92 Å². The molecule has 0 bridgehead atoms. The summed E-state index contributed by atoms with van der Waals surface area (Å²) in [5, 5.41) is 0. The van der Waals surface area contributed by atoms with Gasteiger partial charge < -0.3 is 4.74 Å². The van der Waals surface area contributed by atoms with Crippen molar-refractivity contribution in [2.45, 2.75) is 77.4 Å². The Morgan fingerprint density at radius 3 is 2.87 bits per heavy atom. The molecule has 2 fully saturated rings. The van der Waals surface area contributed by atoms with Gasteiger partial charge in [-0.1, -0.05) is 39.5 Å². The first-order valence-electron chi connectivity index (χ1n) is 6.82. The van der Waals surface area contributed by atoms with Gasteiger partial charge in [0.15, 0.2) is 0 Å². The molecule has 1 saturated carbocycles. The van der Waals surface area contributed by atoms with Crippen LogP contribution in [0.2, 0.25) is 0 Å². The van der Waals surface area contributed by atoms with Crippen LogP contribution in [0.25, 0.3) is 0 Å². The van der Waals surface area contributed by atoms with Crippen molar-refractivity contribution >= 4 is 0 Å². The first-order valence-corrected chi connectivity index (χ1v) is 6.82. The molecule has 2 rings (SSSR count). The van der Waals surface area contributed by atoms with E-state index in [9.17, 15) is 0 Å². The summed E-state index contributed by atoms with van der Waals surface area (Å²) in [4.78, 5) is 0. The van der Waals surface area contributed by atoms with Gasteiger partial charge in [0, 0.05) is 0 Å². The second-order valence-electron chi connectivity index (χ2n) is 5.33. The minimum atomic E-state index is 0.637. The quantitative estimate of drug-likeness (QED) is 0.599. The van der Waals surface area contributed by atoms with E-state index in [1.807, 2.05) is 0 Å². The fourth-order valence-corrected chi connectivity index (χ4v) is 2.88. The molecule has 0 amide bonds. The van der Waals surface area contributed by atoms with Crippen molar-refractivity contribution < 1.29 is 4.74 Å². The smallest absolute Gasteiger partial charge is 0.0847 e. The van der Waals surface area contributed by atoms with Gasteiger partial charge in [-0.25, -0.2) is 0 Å². The summed E-state index contributed by atoms with van der Waals surface area (Å²) in [6.45, 7) is 4.64. The van der Waals surface area contributed by atoms with Crippen molar-refractivity contribution in [1.29, 1.82) is 0 Å². The molecule has 0 aromatic rings. The number of unbranched alkanes of at least 4 members (excludes halogenated alkanes) is 1. The number of rotatable bonds is 6. The van der Waals surface area contributed by atoms with Crippen LogP contribution in [0, 0.1) is 11.8 Å². The van der Waals surface area contributed by atoms with E-state index >= 15 is 0 Å². The largest absolute Gasteiger partial charge is 0.370 e. The minimum absolute atomic E-state index is 0.637. The Hall–Kier alpha value is -0.0400. The first-order chi connectivity index (χ1) is 7.33. The summed E-state index contributed by atoms with van der Waals surface area (Å²) in [5.41, 5.74) is 0. The van der Waals surface area contributed by atoms with E-state index in [-0.39, 0.29) is 0 Å². The summed E-state index contributed by atoms with van der Waals surface area (Å²) in [7, 11) is 0. The maximum absolute atomic E-state index is 5.58. The van der Waals surface area contributed by atoms with Crippen LogP contribution >= 0.6 is 0 Å². The van der Waals surface area contributed by atoms with E-state index in [2.05, 4.69) is 13.8 Å². The molecule has 2 aliphatic rings. The van der Waals surface area contributed by atoms with Gasteiger partial charge in [-0.3, -0.25) is 0 Å². The highest BCUT2D eigenvalue weighted by molar-refractivity contribution is 5.05. The standard InChI is InChI=1S/C14H25O/c1-3-5-6-11(4-2)9-12-7-8-13-14(10-12)15-13/h11,13-14H,3-10H2,1-2H3. The van der Waals surface area contributed by atoms with Crippen molar-refractivity contribution in [3.05, 3.63) is 5.92 Å². The van der Waals surface area contributed by atoms with Crippen LogP contribution in [-0.4, -0.2) is 12.2 Å². The lowest BCUT2D eigenvalue weighted by Gasteiger charge is -2.23. The Balaban J connectivity index is 1.68. The predicted octanol–water partition coefficient (Wildman–Crippen LogP) is 4.12. The zero-order chi connectivity index (χ0) is 10.7. The summed E-state index contributed by atoms with van der Waals surface area (Å²) in [5.74, 6) is 2.76. The third-order valence-electron chi connectivity index (χ3n) is 4.08. The molecular weight excluding hydrogens is 184 g/mol. The fraction of sp³-hybridized carbons (Fsp3) is 0.929. The molecule has 0 spiro atoms. The summed E-state index contributed by atoms with van der Waals surface area (Å²) in [6.07, 6.45) is 12.2. The number of hydrogen-bond acceptors (Lipinski definition) is 1. The lowest BCUT2D eigenvalue weighted by molar-refractivity contribution is 0.370. The molecule has 1 saturated heterocycles. The summed E-state index contributed by atoms with van der Waals surface area (Å²) >= 11 is 0. The van der Waals surface area contributed by atoms with E-state index in [0.29, 0.717) is 12.2 Å². The van der Waals surface area contributed by atoms with Gasteiger partial charge in [0.25, 0.3) is 0 Å². The lowest BCUT2D eigenvalue weighted by atomic mass is 9.80. The maximum Gasteiger partial charge on any atom is 0.0847 e.